The molecular formula is C18H15N5. The average molecular weight is 301 g/mol. The third-order valence-corrected chi connectivity index (χ3v) is 4.63. The fraction of sp³-hybridized carbons (Fsp3) is 0.278. The molecule has 0 saturated heterocycles. The maximum Gasteiger partial charge on any atom is 0.194 e. The van der Waals surface area contributed by atoms with E-state index in [4.69, 9.17) is 5.73 Å². The lowest BCUT2D eigenvalue weighted by Crippen LogP contribution is -2.42. The van der Waals surface area contributed by atoms with Crippen LogP contribution in [-0.2, 0) is 0 Å². The quantitative estimate of drug-likeness (QED) is 0.822. The largest absolute Gasteiger partial charge is 0.399 e. The van der Waals surface area contributed by atoms with E-state index in [0.29, 0.717) is 18.5 Å². The molecule has 0 spiro atoms. The number of nitriles is 3. The Hall–Kier alpha value is -3.07. The van der Waals surface area contributed by atoms with Gasteiger partial charge in [-0.3, -0.25) is 0 Å². The van der Waals surface area contributed by atoms with Crippen molar-refractivity contribution < 1.29 is 0 Å². The van der Waals surface area contributed by atoms with Crippen LogP contribution in [0, 0.1) is 39.4 Å². The lowest BCUT2D eigenvalue weighted by atomic mass is 9.61. The molecule has 0 bridgehead atoms. The number of nitrogens with zero attached hydrogens (tertiary/aromatic N) is 3. The summed E-state index contributed by atoms with van der Waals surface area (Å²) in [4.78, 5) is 0. The molecule has 1 aromatic carbocycles. The molecule has 0 amide bonds. The van der Waals surface area contributed by atoms with E-state index in [1.165, 1.54) is 0 Å². The zero-order valence-electron chi connectivity index (χ0n) is 12.5. The molecule has 0 radical (unpaired) electrons. The SMILES string of the molecule is N#CC1=C(N)C(C#N)(C#N)C(c2ccccc2)C2=C1CCNC2. The van der Waals surface area contributed by atoms with Gasteiger partial charge in [-0.05, 0) is 29.7 Å². The molecule has 1 heterocycles. The van der Waals surface area contributed by atoms with Crippen molar-refractivity contribution in [1.82, 2.24) is 5.32 Å². The van der Waals surface area contributed by atoms with Crippen molar-refractivity contribution in [1.29, 1.82) is 15.8 Å². The van der Waals surface area contributed by atoms with E-state index in [1.807, 2.05) is 30.3 Å². The first kappa shape index (κ1) is 14.9. The van der Waals surface area contributed by atoms with Crippen LogP contribution in [0.3, 0.4) is 0 Å². The van der Waals surface area contributed by atoms with Crippen LogP contribution < -0.4 is 11.1 Å². The van der Waals surface area contributed by atoms with Crippen molar-refractivity contribution >= 4 is 0 Å². The van der Waals surface area contributed by atoms with E-state index >= 15 is 0 Å². The maximum atomic E-state index is 9.81. The number of nitrogens with two attached hydrogens (primary N) is 1. The number of hydrogen-bond donors (Lipinski definition) is 2. The van der Waals surface area contributed by atoms with Gasteiger partial charge in [0, 0.05) is 12.5 Å². The summed E-state index contributed by atoms with van der Waals surface area (Å²) < 4.78 is 0. The smallest absolute Gasteiger partial charge is 0.194 e. The summed E-state index contributed by atoms with van der Waals surface area (Å²) in [5.41, 5.74) is 7.70. The molecule has 2 aliphatic rings. The second-order valence-electron chi connectivity index (χ2n) is 5.71. The fourth-order valence-corrected chi connectivity index (χ4v) is 3.54. The Morgan fingerprint density at radius 2 is 1.83 bits per heavy atom. The lowest BCUT2D eigenvalue weighted by Gasteiger charge is -2.40. The standard InChI is InChI=1S/C18H15N5/c19-8-14-13-6-7-23-9-15(13)16(12-4-2-1-3-5-12)18(10-20,11-21)17(14)22/h1-5,16,23H,6-7,9,22H2. The maximum absolute atomic E-state index is 9.81. The van der Waals surface area contributed by atoms with Crippen LogP contribution in [0.25, 0.3) is 0 Å². The van der Waals surface area contributed by atoms with Crippen LogP contribution >= 0.6 is 0 Å². The van der Waals surface area contributed by atoms with Crippen LogP contribution in [0.4, 0.5) is 0 Å². The van der Waals surface area contributed by atoms with Gasteiger partial charge in [0.25, 0.3) is 0 Å². The van der Waals surface area contributed by atoms with Gasteiger partial charge < -0.3 is 11.1 Å². The highest BCUT2D eigenvalue weighted by molar-refractivity contribution is 5.62. The van der Waals surface area contributed by atoms with Gasteiger partial charge in [0.15, 0.2) is 5.41 Å². The molecule has 0 fully saturated rings. The molecule has 0 aromatic heterocycles. The van der Waals surface area contributed by atoms with Crippen molar-refractivity contribution in [2.75, 3.05) is 13.1 Å². The average Bonchev–Trinajstić information content (AvgIpc) is 2.61. The molecule has 1 aliphatic carbocycles. The zero-order chi connectivity index (χ0) is 16.4. The van der Waals surface area contributed by atoms with Gasteiger partial charge in [-0.2, -0.15) is 15.8 Å². The summed E-state index contributed by atoms with van der Waals surface area (Å²) in [7, 11) is 0. The monoisotopic (exact) mass is 301 g/mol. The molecule has 1 aliphatic heterocycles. The van der Waals surface area contributed by atoms with Gasteiger partial charge >= 0.3 is 0 Å². The second-order valence-corrected chi connectivity index (χ2v) is 5.71. The van der Waals surface area contributed by atoms with Gasteiger partial charge in [0.05, 0.1) is 23.4 Å². The van der Waals surface area contributed by atoms with Gasteiger partial charge in [0.2, 0.25) is 0 Å². The number of nitrogens with one attached hydrogen (secondary N) is 1. The van der Waals surface area contributed by atoms with Gasteiger partial charge in [-0.1, -0.05) is 30.3 Å². The first-order valence-corrected chi connectivity index (χ1v) is 7.40. The Labute approximate surface area is 134 Å². The Balaban J connectivity index is 2.34. The molecule has 5 nitrogen and oxygen atoms in total. The molecule has 1 atom stereocenters. The Morgan fingerprint density at radius 1 is 1.13 bits per heavy atom. The molecule has 3 rings (SSSR count). The predicted octanol–water partition coefficient (Wildman–Crippen LogP) is 1.84. The highest BCUT2D eigenvalue weighted by Gasteiger charge is 2.50. The third kappa shape index (κ3) is 2.01. The number of allylic oxidation sites excluding steroid dienone is 2. The first-order valence-electron chi connectivity index (χ1n) is 7.40. The van der Waals surface area contributed by atoms with E-state index in [2.05, 4.69) is 23.5 Å². The Bertz CT molecular complexity index is 813. The van der Waals surface area contributed by atoms with Crippen LogP contribution in [0.1, 0.15) is 17.9 Å². The van der Waals surface area contributed by atoms with Crippen LogP contribution in [0.2, 0.25) is 0 Å². The summed E-state index contributed by atoms with van der Waals surface area (Å²) in [5, 5.41) is 32.4. The first-order chi connectivity index (χ1) is 11.2. The van der Waals surface area contributed by atoms with E-state index in [-0.39, 0.29) is 5.70 Å². The van der Waals surface area contributed by atoms with E-state index in [1.54, 1.807) is 0 Å². The number of rotatable bonds is 1. The van der Waals surface area contributed by atoms with Crippen LogP contribution in [0.15, 0.2) is 52.7 Å². The summed E-state index contributed by atoms with van der Waals surface area (Å²) in [5.74, 6) is -0.460. The number of benzene rings is 1. The van der Waals surface area contributed by atoms with Crippen molar-refractivity contribution in [3.63, 3.8) is 0 Å². The second kappa shape index (κ2) is 5.61. The minimum atomic E-state index is -1.55. The van der Waals surface area contributed by atoms with Crippen molar-refractivity contribution in [3.05, 3.63) is 58.3 Å². The topological polar surface area (TPSA) is 109 Å². The Morgan fingerprint density at radius 3 is 2.43 bits per heavy atom. The zero-order valence-corrected chi connectivity index (χ0v) is 12.5. The lowest BCUT2D eigenvalue weighted by molar-refractivity contribution is 0.473. The van der Waals surface area contributed by atoms with E-state index in [9.17, 15) is 15.8 Å². The fourth-order valence-electron chi connectivity index (χ4n) is 3.54. The highest BCUT2D eigenvalue weighted by Crippen LogP contribution is 2.51. The molecule has 5 heteroatoms. The van der Waals surface area contributed by atoms with Crippen LogP contribution in [-0.4, -0.2) is 13.1 Å². The predicted molar refractivity (Wildman–Crippen MR) is 84.2 cm³/mol. The van der Waals surface area contributed by atoms with Gasteiger partial charge in [-0.15, -0.1) is 0 Å². The van der Waals surface area contributed by atoms with Crippen molar-refractivity contribution in [3.8, 4) is 18.2 Å². The molecule has 0 saturated carbocycles. The molecule has 3 N–H and O–H groups in total. The minimum absolute atomic E-state index is 0.0829. The summed E-state index contributed by atoms with van der Waals surface area (Å²) >= 11 is 0. The molecule has 23 heavy (non-hydrogen) atoms. The molecule has 1 unspecified atom stereocenters. The van der Waals surface area contributed by atoms with E-state index in [0.717, 1.165) is 23.3 Å². The third-order valence-electron chi connectivity index (χ3n) is 4.63. The molecular weight excluding hydrogens is 286 g/mol. The van der Waals surface area contributed by atoms with Gasteiger partial charge in [0.1, 0.15) is 6.07 Å². The molecule has 1 aromatic rings. The Kier molecular flexibility index (Phi) is 3.62. The van der Waals surface area contributed by atoms with Gasteiger partial charge in [-0.25, -0.2) is 0 Å². The summed E-state index contributed by atoms with van der Waals surface area (Å²) in [6, 6.07) is 15.8. The van der Waals surface area contributed by atoms with Crippen LogP contribution in [0.5, 0.6) is 0 Å². The number of hydrogen-bond acceptors (Lipinski definition) is 5. The van der Waals surface area contributed by atoms with E-state index < -0.39 is 11.3 Å². The minimum Gasteiger partial charge on any atom is -0.399 e. The summed E-state index contributed by atoms with van der Waals surface area (Å²) in [6.45, 7) is 1.31. The normalized spacial score (nSPS) is 22.6. The van der Waals surface area contributed by atoms with Crippen molar-refractivity contribution in [2.24, 2.45) is 11.1 Å². The molecule has 112 valence electrons. The summed E-state index contributed by atoms with van der Waals surface area (Å²) in [6.07, 6.45) is 0.676. The van der Waals surface area contributed by atoms with Crippen molar-refractivity contribution in [2.45, 2.75) is 12.3 Å². The highest BCUT2D eigenvalue weighted by atomic mass is 14.9.